The Morgan fingerprint density at radius 2 is 1.91 bits per heavy atom. The van der Waals surface area contributed by atoms with Gasteiger partial charge >= 0.3 is 0 Å². The number of benzene rings is 2. The summed E-state index contributed by atoms with van der Waals surface area (Å²) >= 11 is 0. The lowest BCUT2D eigenvalue weighted by molar-refractivity contribution is 0.0954. The maximum absolute atomic E-state index is 12.3. The summed E-state index contributed by atoms with van der Waals surface area (Å²) < 4.78 is 5.17. The highest BCUT2D eigenvalue weighted by Crippen LogP contribution is 2.20. The monoisotopic (exact) mass is 437 g/mol. The Hall–Kier alpha value is -3.06. The number of ether oxygens (including phenoxy) is 1. The van der Waals surface area contributed by atoms with Gasteiger partial charge in [0.2, 0.25) is 0 Å². The van der Waals surface area contributed by atoms with Crippen molar-refractivity contribution in [2.45, 2.75) is 38.4 Å². The highest BCUT2D eigenvalue weighted by atomic mass is 16.5. The molecule has 32 heavy (non-hydrogen) atoms. The summed E-state index contributed by atoms with van der Waals surface area (Å²) in [6, 6.07) is 18.7. The van der Waals surface area contributed by atoms with Gasteiger partial charge in [0, 0.05) is 50.9 Å². The molecule has 3 rings (SSSR count). The number of guanidine groups is 1. The van der Waals surface area contributed by atoms with Crippen molar-refractivity contribution in [3.8, 4) is 5.75 Å². The number of carbonyl (C=O) groups excluding carboxylic acids is 1. The lowest BCUT2D eigenvalue weighted by Gasteiger charge is -2.38. The first-order valence-electron chi connectivity index (χ1n) is 11.3. The van der Waals surface area contributed by atoms with Crippen LogP contribution in [0.1, 0.15) is 35.7 Å². The Balaban J connectivity index is 1.38. The molecule has 1 heterocycles. The molecule has 1 amide bonds. The van der Waals surface area contributed by atoms with Crippen molar-refractivity contribution in [1.29, 1.82) is 0 Å². The van der Waals surface area contributed by atoms with E-state index in [1.165, 1.54) is 5.56 Å². The standard InChI is InChI=1S/C25H35N5O2/c1-19-16-22(12-15-30(19)18-20-8-5-4-6-9-20)29-25(26-2)28-14-13-27-24(31)21-10-7-11-23(17-21)32-3/h4-11,17,19,22H,12-16,18H2,1-3H3,(H,27,31)(H2,26,28,29). The number of carbonyl (C=O) groups is 1. The molecular formula is C25H35N5O2. The molecular weight excluding hydrogens is 402 g/mol. The van der Waals surface area contributed by atoms with Crippen LogP contribution < -0.4 is 20.7 Å². The van der Waals surface area contributed by atoms with Gasteiger partial charge in [0.25, 0.3) is 5.91 Å². The molecule has 2 aromatic rings. The number of hydrogen-bond donors (Lipinski definition) is 3. The number of methoxy groups -OCH3 is 1. The minimum Gasteiger partial charge on any atom is -0.497 e. The largest absolute Gasteiger partial charge is 0.497 e. The third kappa shape index (κ3) is 6.99. The van der Waals surface area contributed by atoms with Crippen molar-refractivity contribution in [3.63, 3.8) is 0 Å². The zero-order chi connectivity index (χ0) is 22.8. The van der Waals surface area contributed by atoms with Crippen LogP contribution in [0.2, 0.25) is 0 Å². The fraction of sp³-hybridized carbons (Fsp3) is 0.440. The highest BCUT2D eigenvalue weighted by Gasteiger charge is 2.25. The van der Waals surface area contributed by atoms with Gasteiger partial charge in [-0.2, -0.15) is 0 Å². The molecule has 0 saturated carbocycles. The van der Waals surface area contributed by atoms with Gasteiger partial charge in [0.1, 0.15) is 5.75 Å². The normalized spacial score (nSPS) is 19.3. The number of hydrogen-bond acceptors (Lipinski definition) is 4. The minimum absolute atomic E-state index is 0.117. The van der Waals surface area contributed by atoms with E-state index in [0.29, 0.717) is 36.5 Å². The molecule has 3 N–H and O–H groups in total. The highest BCUT2D eigenvalue weighted by molar-refractivity contribution is 5.94. The van der Waals surface area contributed by atoms with E-state index in [2.05, 4.69) is 63.1 Å². The number of nitrogens with zero attached hydrogens (tertiary/aromatic N) is 2. The van der Waals surface area contributed by atoms with Crippen LogP contribution in [0, 0.1) is 0 Å². The molecule has 172 valence electrons. The van der Waals surface area contributed by atoms with E-state index >= 15 is 0 Å². The van der Waals surface area contributed by atoms with Gasteiger partial charge in [-0.25, -0.2) is 0 Å². The summed E-state index contributed by atoms with van der Waals surface area (Å²) in [7, 11) is 3.37. The topological polar surface area (TPSA) is 78.0 Å². The van der Waals surface area contributed by atoms with E-state index in [4.69, 9.17) is 4.74 Å². The summed E-state index contributed by atoms with van der Waals surface area (Å²) in [5.74, 6) is 1.33. The fourth-order valence-electron chi connectivity index (χ4n) is 4.02. The van der Waals surface area contributed by atoms with E-state index in [-0.39, 0.29) is 5.91 Å². The number of amides is 1. The summed E-state index contributed by atoms with van der Waals surface area (Å²) in [6.07, 6.45) is 2.14. The number of rotatable bonds is 8. The molecule has 2 atom stereocenters. The molecule has 1 saturated heterocycles. The Morgan fingerprint density at radius 3 is 2.62 bits per heavy atom. The molecule has 7 heteroatoms. The van der Waals surface area contributed by atoms with E-state index in [1.54, 1.807) is 26.3 Å². The van der Waals surface area contributed by atoms with Gasteiger partial charge in [0.05, 0.1) is 7.11 Å². The van der Waals surface area contributed by atoms with Crippen LogP contribution in [0.15, 0.2) is 59.6 Å². The second-order valence-corrected chi connectivity index (χ2v) is 8.16. The van der Waals surface area contributed by atoms with Gasteiger partial charge in [-0.1, -0.05) is 36.4 Å². The van der Waals surface area contributed by atoms with Crippen LogP contribution in [-0.2, 0) is 6.54 Å². The van der Waals surface area contributed by atoms with Crippen molar-refractivity contribution in [1.82, 2.24) is 20.9 Å². The Kier molecular flexibility index (Phi) is 8.92. The van der Waals surface area contributed by atoms with Crippen LogP contribution in [0.25, 0.3) is 0 Å². The molecule has 1 aliphatic rings. The lowest BCUT2D eigenvalue weighted by atomic mass is 9.97. The third-order valence-corrected chi connectivity index (χ3v) is 5.84. The predicted octanol–water partition coefficient (Wildman–Crippen LogP) is 2.64. The zero-order valence-corrected chi connectivity index (χ0v) is 19.3. The Morgan fingerprint density at radius 1 is 1.12 bits per heavy atom. The van der Waals surface area contributed by atoms with Crippen molar-refractivity contribution < 1.29 is 9.53 Å². The molecule has 0 aliphatic carbocycles. The van der Waals surface area contributed by atoms with E-state index < -0.39 is 0 Å². The summed E-state index contributed by atoms with van der Waals surface area (Å²) in [4.78, 5) is 19.2. The molecule has 1 aliphatic heterocycles. The maximum atomic E-state index is 12.3. The van der Waals surface area contributed by atoms with Gasteiger partial charge in [-0.05, 0) is 43.5 Å². The predicted molar refractivity (Wildman–Crippen MR) is 129 cm³/mol. The van der Waals surface area contributed by atoms with Crippen LogP contribution in [-0.4, -0.2) is 62.6 Å². The lowest BCUT2D eigenvalue weighted by Crippen LogP contribution is -2.52. The van der Waals surface area contributed by atoms with Crippen LogP contribution in [0.4, 0.5) is 0 Å². The molecule has 2 unspecified atom stereocenters. The average Bonchev–Trinajstić information content (AvgIpc) is 2.83. The van der Waals surface area contributed by atoms with Crippen molar-refractivity contribution >= 4 is 11.9 Å². The van der Waals surface area contributed by atoms with Crippen LogP contribution >= 0.6 is 0 Å². The third-order valence-electron chi connectivity index (χ3n) is 5.84. The minimum atomic E-state index is -0.117. The van der Waals surface area contributed by atoms with Crippen LogP contribution in [0.3, 0.4) is 0 Å². The van der Waals surface area contributed by atoms with Crippen molar-refractivity contribution in [2.75, 3.05) is 33.8 Å². The first kappa shape index (κ1) is 23.6. The van der Waals surface area contributed by atoms with E-state index in [1.807, 2.05) is 12.1 Å². The van der Waals surface area contributed by atoms with E-state index in [0.717, 1.165) is 31.9 Å². The Bertz CT molecular complexity index is 887. The Labute approximate surface area is 191 Å². The molecule has 0 radical (unpaired) electrons. The number of aliphatic imine (C=N–C) groups is 1. The van der Waals surface area contributed by atoms with Gasteiger partial charge in [0.15, 0.2) is 5.96 Å². The van der Waals surface area contributed by atoms with Gasteiger partial charge in [-0.3, -0.25) is 14.7 Å². The van der Waals surface area contributed by atoms with Gasteiger partial charge < -0.3 is 20.7 Å². The van der Waals surface area contributed by atoms with Crippen molar-refractivity contribution in [2.24, 2.45) is 4.99 Å². The summed E-state index contributed by atoms with van der Waals surface area (Å²) in [5.41, 5.74) is 1.95. The molecule has 0 aromatic heterocycles. The maximum Gasteiger partial charge on any atom is 0.251 e. The molecule has 0 spiro atoms. The van der Waals surface area contributed by atoms with Crippen molar-refractivity contribution in [3.05, 3.63) is 65.7 Å². The fourth-order valence-corrected chi connectivity index (χ4v) is 4.02. The van der Waals surface area contributed by atoms with Gasteiger partial charge in [-0.15, -0.1) is 0 Å². The summed E-state index contributed by atoms with van der Waals surface area (Å²) in [6.45, 7) is 5.44. The smallest absolute Gasteiger partial charge is 0.251 e. The average molecular weight is 438 g/mol. The quantitative estimate of drug-likeness (QED) is 0.336. The molecule has 0 bridgehead atoms. The molecule has 1 fully saturated rings. The van der Waals surface area contributed by atoms with Crippen LogP contribution in [0.5, 0.6) is 5.75 Å². The second kappa shape index (κ2) is 12.1. The second-order valence-electron chi connectivity index (χ2n) is 8.16. The summed E-state index contributed by atoms with van der Waals surface area (Å²) in [5, 5.41) is 9.76. The molecule has 2 aromatic carbocycles. The number of nitrogens with one attached hydrogen (secondary N) is 3. The first-order chi connectivity index (χ1) is 15.6. The van der Waals surface area contributed by atoms with E-state index in [9.17, 15) is 4.79 Å². The SMILES string of the molecule is CN=C(NCCNC(=O)c1cccc(OC)c1)NC1CCN(Cc2ccccc2)C(C)C1. The zero-order valence-electron chi connectivity index (χ0n) is 19.3. The molecule has 7 nitrogen and oxygen atoms in total. The number of piperidine rings is 1. The first-order valence-corrected chi connectivity index (χ1v) is 11.3. The number of likely N-dealkylation sites (tertiary alicyclic amines) is 1.